The van der Waals surface area contributed by atoms with Crippen LogP contribution in [0.5, 0.6) is 5.75 Å². The number of phenols is 1. The third-order valence-corrected chi connectivity index (χ3v) is 2.94. The molecule has 0 aliphatic carbocycles. The van der Waals surface area contributed by atoms with Crippen molar-refractivity contribution < 1.29 is 5.11 Å². The largest absolute Gasteiger partial charge is 0.508 e. The minimum Gasteiger partial charge on any atom is -0.508 e. The average molecular weight is 264 g/mol. The molecule has 0 aliphatic heterocycles. The van der Waals surface area contributed by atoms with Crippen LogP contribution >= 0.6 is 0 Å². The number of aromatic amines is 1. The fourth-order valence-corrected chi connectivity index (χ4v) is 1.96. The molecule has 1 aromatic heterocycles. The van der Waals surface area contributed by atoms with Gasteiger partial charge in [0.2, 0.25) is 0 Å². The number of fused-ring (bicyclic) bond motifs is 1. The maximum Gasteiger partial charge on any atom is 0.259 e. The summed E-state index contributed by atoms with van der Waals surface area (Å²) < 4.78 is 0. The van der Waals surface area contributed by atoms with Crippen LogP contribution in [0.3, 0.4) is 0 Å². The van der Waals surface area contributed by atoms with E-state index < -0.39 is 0 Å². The number of aromatic hydroxyl groups is 1. The van der Waals surface area contributed by atoms with Gasteiger partial charge in [-0.1, -0.05) is 36.4 Å². The van der Waals surface area contributed by atoms with Gasteiger partial charge < -0.3 is 10.1 Å². The number of phenolic OH excluding ortho intramolecular Hbond substituents is 1. The Hall–Kier alpha value is -2.88. The number of aromatic nitrogens is 2. The highest BCUT2D eigenvalue weighted by Gasteiger charge is 2.02. The van der Waals surface area contributed by atoms with Crippen molar-refractivity contribution in [3.8, 4) is 5.75 Å². The number of hydrogen-bond donors (Lipinski definition) is 2. The van der Waals surface area contributed by atoms with Crippen LogP contribution in [-0.4, -0.2) is 15.1 Å². The van der Waals surface area contributed by atoms with E-state index in [1.54, 1.807) is 12.1 Å². The van der Waals surface area contributed by atoms with Gasteiger partial charge in [0.1, 0.15) is 11.6 Å². The molecule has 20 heavy (non-hydrogen) atoms. The van der Waals surface area contributed by atoms with E-state index in [2.05, 4.69) is 9.97 Å². The Kier molecular flexibility index (Phi) is 3.05. The van der Waals surface area contributed by atoms with Gasteiger partial charge >= 0.3 is 0 Å². The van der Waals surface area contributed by atoms with Gasteiger partial charge in [-0.3, -0.25) is 4.79 Å². The zero-order chi connectivity index (χ0) is 13.9. The lowest BCUT2D eigenvalue weighted by molar-refractivity contribution is 0.476. The fourth-order valence-electron chi connectivity index (χ4n) is 1.96. The van der Waals surface area contributed by atoms with Crippen LogP contribution in [-0.2, 0) is 0 Å². The lowest BCUT2D eigenvalue weighted by atomic mass is 10.2. The van der Waals surface area contributed by atoms with Crippen LogP contribution in [0.25, 0.3) is 23.1 Å². The molecule has 0 aliphatic rings. The predicted octanol–water partition coefficient (Wildman–Crippen LogP) is 2.80. The first-order valence-corrected chi connectivity index (χ1v) is 6.18. The summed E-state index contributed by atoms with van der Waals surface area (Å²) in [4.78, 5) is 18.9. The first-order valence-electron chi connectivity index (χ1n) is 6.18. The zero-order valence-electron chi connectivity index (χ0n) is 10.6. The molecule has 1 heterocycles. The van der Waals surface area contributed by atoms with Crippen LogP contribution < -0.4 is 5.56 Å². The summed E-state index contributed by atoms with van der Waals surface area (Å²) in [5, 5.41) is 9.76. The highest BCUT2D eigenvalue weighted by molar-refractivity contribution is 5.80. The van der Waals surface area contributed by atoms with Crippen molar-refractivity contribution in [2.75, 3.05) is 0 Å². The number of rotatable bonds is 2. The second-order valence-corrected chi connectivity index (χ2v) is 4.40. The van der Waals surface area contributed by atoms with Crippen molar-refractivity contribution >= 4 is 23.1 Å². The zero-order valence-corrected chi connectivity index (χ0v) is 10.6. The maximum atomic E-state index is 11.9. The van der Waals surface area contributed by atoms with Crippen molar-refractivity contribution in [1.82, 2.24) is 9.97 Å². The van der Waals surface area contributed by atoms with Gasteiger partial charge in [-0.15, -0.1) is 0 Å². The quantitative estimate of drug-likeness (QED) is 0.748. The Morgan fingerprint density at radius 2 is 1.85 bits per heavy atom. The second kappa shape index (κ2) is 5.01. The van der Waals surface area contributed by atoms with E-state index in [1.165, 1.54) is 12.1 Å². The van der Waals surface area contributed by atoms with E-state index in [1.807, 2.05) is 36.4 Å². The Bertz CT molecular complexity index is 836. The fraction of sp³-hybridized carbons (Fsp3) is 0. The van der Waals surface area contributed by atoms with Crippen molar-refractivity contribution in [2.45, 2.75) is 0 Å². The summed E-state index contributed by atoms with van der Waals surface area (Å²) >= 11 is 0. The highest BCUT2D eigenvalue weighted by Crippen LogP contribution is 2.15. The smallest absolute Gasteiger partial charge is 0.259 e. The minimum atomic E-state index is -0.265. The summed E-state index contributed by atoms with van der Waals surface area (Å²) in [5.41, 5.74) is 1.32. The van der Waals surface area contributed by atoms with Crippen molar-refractivity contribution in [3.05, 3.63) is 70.3 Å². The molecule has 0 saturated carbocycles. The number of hydrogen-bond acceptors (Lipinski definition) is 3. The molecule has 3 rings (SSSR count). The first-order chi connectivity index (χ1) is 9.72. The molecular formula is C16H12N2O2. The molecule has 2 aromatic carbocycles. The van der Waals surface area contributed by atoms with Crippen molar-refractivity contribution in [1.29, 1.82) is 0 Å². The van der Waals surface area contributed by atoms with Gasteiger partial charge in [0.15, 0.2) is 0 Å². The SMILES string of the molecule is O=c1[nH]c(/C=C/c2ccccc2)nc2ccc(O)cc12. The molecule has 0 unspecified atom stereocenters. The molecule has 0 atom stereocenters. The molecule has 0 amide bonds. The summed E-state index contributed by atoms with van der Waals surface area (Å²) in [6.45, 7) is 0. The van der Waals surface area contributed by atoms with Gasteiger partial charge in [0.05, 0.1) is 10.9 Å². The summed E-state index contributed by atoms with van der Waals surface area (Å²) in [6, 6.07) is 14.3. The first kappa shape index (κ1) is 12.2. The normalized spacial score (nSPS) is 11.2. The third-order valence-electron chi connectivity index (χ3n) is 2.94. The number of benzene rings is 2. The maximum absolute atomic E-state index is 11.9. The predicted molar refractivity (Wildman–Crippen MR) is 79.4 cm³/mol. The number of H-pyrrole nitrogens is 1. The molecule has 4 heteroatoms. The molecule has 3 aromatic rings. The lowest BCUT2D eigenvalue weighted by Crippen LogP contribution is -2.09. The van der Waals surface area contributed by atoms with E-state index in [4.69, 9.17) is 0 Å². The van der Waals surface area contributed by atoms with Gasteiger partial charge in [0, 0.05) is 0 Å². The van der Waals surface area contributed by atoms with Crippen LogP contribution in [0, 0.1) is 0 Å². The molecular weight excluding hydrogens is 252 g/mol. The molecule has 98 valence electrons. The van der Waals surface area contributed by atoms with E-state index in [9.17, 15) is 9.90 Å². The lowest BCUT2D eigenvalue weighted by Gasteiger charge is -1.99. The molecule has 0 bridgehead atoms. The number of nitrogens with zero attached hydrogens (tertiary/aromatic N) is 1. The van der Waals surface area contributed by atoms with Gasteiger partial charge in [-0.25, -0.2) is 4.98 Å². The van der Waals surface area contributed by atoms with E-state index in [0.717, 1.165) is 5.56 Å². The van der Waals surface area contributed by atoms with E-state index in [-0.39, 0.29) is 11.3 Å². The van der Waals surface area contributed by atoms with E-state index in [0.29, 0.717) is 16.7 Å². The number of nitrogens with one attached hydrogen (secondary N) is 1. The van der Waals surface area contributed by atoms with Crippen molar-refractivity contribution in [2.24, 2.45) is 0 Å². The highest BCUT2D eigenvalue weighted by atomic mass is 16.3. The standard InChI is InChI=1S/C16H12N2O2/c19-12-7-8-14-13(10-12)16(20)18-15(17-14)9-6-11-4-2-1-3-5-11/h1-10,19H,(H,17,18,20)/b9-6+. The monoisotopic (exact) mass is 264 g/mol. The molecule has 0 spiro atoms. The van der Waals surface area contributed by atoms with Gasteiger partial charge in [-0.05, 0) is 29.8 Å². The van der Waals surface area contributed by atoms with Crippen LogP contribution in [0.4, 0.5) is 0 Å². The Balaban J connectivity index is 2.03. The Morgan fingerprint density at radius 1 is 1.05 bits per heavy atom. The summed E-state index contributed by atoms with van der Waals surface area (Å²) in [5.74, 6) is 0.537. The van der Waals surface area contributed by atoms with Crippen LogP contribution in [0.15, 0.2) is 53.3 Å². The minimum absolute atomic E-state index is 0.0531. The molecule has 4 nitrogen and oxygen atoms in total. The molecule has 0 fully saturated rings. The topological polar surface area (TPSA) is 66.0 Å². The second-order valence-electron chi connectivity index (χ2n) is 4.40. The average Bonchev–Trinajstić information content (AvgIpc) is 2.47. The molecule has 2 N–H and O–H groups in total. The van der Waals surface area contributed by atoms with Gasteiger partial charge in [-0.2, -0.15) is 0 Å². The van der Waals surface area contributed by atoms with Crippen LogP contribution in [0.2, 0.25) is 0 Å². The Labute approximate surface area is 115 Å². The summed E-state index contributed by atoms with van der Waals surface area (Å²) in [6.07, 6.45) is 3.63. The molecule has 0 radical (unpaired) electrons. The summed E-state index contributed by atoms with van der Waals surface area (Å²) in [7, 11) is 0. The third kappa shape index (κ3) is 2.44. The van der Waals surface area contributed by atoms with E-state index >= 15 is 0 Å². The van der Waals surface area contributed by atoms with Gasteiger partial charge in [0.25, 0.3) is 5.56 Å². The van der Waals surface area contributed by atoms with Crippen molar-refractivity contribution in [3.63, 3.8) is 0 Å². The van der Waals surface area contributed by atoms with Crippen LogP contribution in [0.1, 0.15) is 11.4 Å². The molecule has 0 saturated heterocycles. The Morgan fingerprint density at radius 3 is 2.65 bits per heavy atom.